The zero-order valence-corrected chi connectivity index (χ0v) is 13.8. The van der Waals surface area contributed by atoms with Gasteiger partial charge in [-0.05, 0) is 25.0 Å². The Kier molecular flexibility index (Phi) is 3.87. The Labute approximate surface area is 143 Å². The quantitative estimate of drug-likeness (QED) is 0.788. The molecule has 7 nitrogen and oxygen atoms in total. The van der Waals surface area contributed by atoms with Crippen molar-refractivity contribution in [3.05, 3.63) is 42.0 Å². The molecule has 1 aliphatic heterocycles. The Morgan fingerprint density at radius 2 is 2.16 bits per heavy atom. The number of carbonyl (C=O) groups is 1. The molecule has 3 heterocycles. The molecule has 1 amide bonds. The number of piperidine rings is 1. The fraction of sp³-hybridized carbons (Fsp3) is 0.353. The smallest absolute Gasteiger partial charge is 0.298 e. The second-order valence-electron chi connectivity index (χ2n) is 6.22. The van der Waals surface area contributed by atoms with Gasteiger partial charge in [-0.25, -0.2) is 4.39 Å². The van der Waals surface area contributed by atoms with Gasteiger partial charge in [-0.1, -0.05) is 6.07 Å². The topological polar surface area (TPSA) is 76.2 Å². The van der Waals surface area contributed by atoms with E-state index >= 15 is 0 Å². The summed E-state index contributed by atoms with van der Waals surface area (Å²) < 4.78 is 21.0. The molecule has 0 aliphatic carbocycles. The lowest BCUT2D eigenvalue weighted by Crippen LogP contribution is -2.44. The summed E-state index contributed by atoms with van der Waals surface area (Å²) >= 11 is 0. The fourth-order valence-electron chi connectivity index (χ4n) is 3.06. The third-order valence-electron chi connectivity index (χ3n) is 4.43. The molecule has 0 saturated carbocycles. The van der Waals surface area contributed by atoms with Crippen LogP contribution in [-0.2, 0) is 7.05 Å². The summed E-state index contributed by atoms with van der Waals surface area (Å²) in [4.78, 5) is 18.4. The SMILES string of the molecule is Cn1cc(C(=O)NC2CCN(c3nc4c(F)cccc4o3)CC2)cn1. The Morgan fingerprint density at radius 3 is 2.84 bits per heavy atom. The van der Waals surface area contributed by atoms with Crippen LogP contribution in [0.15, 0.2) is 35.0 Å². The normalized spacial score (nSPS) is 15.7. The number of hydrogen-bond donors (Lipinski definition) is 1. The second kappa shape index (κ2) is 6.19. The predicted octanol–water partition coefficient (Wildman–Crippen LogP) is 2.10. The van der Waals surface area contributed by atoms with Crippen molar-refractivity contribution in [2.24, 2.45) is 7.05 Å². The molecule has 1 N–H and O–H groups in total. The molecule has 3 aromatic rings. The zero-order valence-electron chi connectivity index (χ0n) is 13.8. The van der Waals surface area contributed by atoms with E-state index in [2.05, 4.69) is 15.4 Å². The van der Waals surface area contributed by atoms with Crippen LogP contribution in [0.1, 0.15) is 23.2 Å². The van der Waals surface area contributed by atoms with E-state index < -0.39 is 0 Å². The molecule has 1 aliphatic rings. The molecule has 1 aromatic carbocycles. The minimum absolute atomic E-state index is 0.0880. The lowest BCUT2D eigenvalue weighted by molar-refractivity contribution is 0.0931. The number of aromatic nitrogens is 3. The second-order valence-corrected chi connectivity index (χ2v) is 6.22. The maximum atomic E-state index is 13.7. The standard InChI is InChI=1S/C17H18FN5O2/c1-22-10-11(9-19-22)16(24)20-12-5-7-23(8-6-12)17-21-15-13(18)3-2-4-14(15)25-17/h2-4,9-10,12H,5-8H2,1H3,(H,20,24). The van der Waals surface area contributed by atoms with E-state index in [0.717, 1.165) is 12.8 Å². The van der Waals surface area contributed by atoms with Crippen LogP contribution >= 0.6 is 0 Å². The summed E-state index contributed by atoms with van der Waals surface area (Å²) in [5.41, 5.74) is 1.26. The van der Waals surface area contributed by atoms with Crippen molar-refractivity contribution in [2.45, 2.75) is 18.9 Å². The van der Waals surface area contributed by atoms with Crippen LogP contribution in [0.4, 0.5) is 10.4 Å². The highest BCUT2D eigenvalue weighted by Crippen LogP contribution is 2.26. The Hall–Kier alpha value is -2.90. The number of amides is 1. The van der Waals surface area contributed by atoms with Crippen LogP contribution in [-0.4, -0.2) is 39.8 Å². The van der Waals surface area contributed by atoms with E-state index in [0.29, 0.717) is 30.3 Å². The number of para-hydroxylation sites is 1. The summed E-state index contributed by atoms with van der Waals surface area (Å²) in [6, 6.07) is 5.19. The minimum Gasteiger partial charge on any atom is -0.423 e. The molecule has 0 spiro atoms. The lowest BCUT2D eigenvalue weighted by atomic mass is 10.1. The maximum absolute atomic E-state index is 13.7. The number of halogens is 1. The van der Waals surface area contributed by atoms with Gasteiger partial charge < -0.3 is 14.6 Å². The predicted molar refractivity (Wildman–Crippen MR) is 89.9 cm³/mol. The van der Waals surface area contributed by atoms with E-state index in [1.807, 2.05) is 4.90 Å². The first-order chi connectivity index (χ1) is 12.1. The number of aryl methyl sites for hydroxylation is 1. The van der Waals surface area contributed by atoms with Gasteiger partial charge in [0.15, 0.2) is 11.4 Å². The molecule has 0 unspecified atom stereocenters. The first kappa shape index (κ1) is 15.6. The van der Waals surface area contributed by atoms with Gasteiger partial charge in [0.2, 0.25) is 0 Å². The number of anilines is 1. The van der Waals surface area contributed by atoms with Gasteiger partial charge in [-0.2, -0.15) is 10.1 Å². The molecular weight excluding hydrogens is 325 g/mol. The number of hydrogen-bond acceptors (Lipinski definition) is 5. The van der Waals surface area contributed by atoms with Gasteiger partial charge in [-0.3, -0.25) is 9.48 Å². The molecule has 8 heteroatoms. The van der Waals surface area contributed by atoms with Gasteiger partial charge in [0.25, 0.3) is 11.9 Å². The first-order valence-electron chi connectivity index (χ1n) is 8.19. The van der Waals surface area contributed by atoms with E-state index in [9.17, 15) is 9.18 Å². The third-order valence-corrected chi connectivity index (χ3v) is 4.43. The summed E-state index contributed by atoms with van der Waals surface area (Å²) in [6.45, 7) is 1.37. The summed E-state index contributed by atoms with van der Waals surface area (Å²) in [5.74, 6) is -0.499. The monoisotopic (exact) mass is 343 g/mol. The van der Waals surface area contributed by atoms with Gasteiger partial charge in [-0.15, -0.1) is 0 Å². The Bertz CT molecular complexity index is 911. The molecule has 25 heavy (non-hydrogen) atoms. The summed E-state index contributed by atoms with van der Waals surface area (Å²) in [6.07, 6.45) is 4.79. The number of oxazole rings is 1. The highest BCUT2D eigenvalue weighted by atomic mass is 19.1. The molecule has 1 saturated heterocycles. The molecule has 1 fully saturated rings. The van der Waals surface area contributed by atoms with E-state index in [1.54, 1.807) is 36.3 Å². The average Bonchev–Trinajstić information content (AvgIpc) is 3.23. The van der Waals surface area contributed by atoms with Crippen LogP contribution in [0.3, 0.4) is 0 Å². The number of nitrogens with one attached hydrogen (secondary N) is 1. The molecule has 4 rings (SSSR count). The molecule has 2 aromatic heterocycles. The number of fused-ring (bicyclic) bond motifs is 1. The number of carbonyl (C=O) groups excluding carboxylic acids is 1. The highest BCUT2D eigenvalue weighted by Gasteiger charge is 2.24. The molecule has 0 radical (unpaired) electrons. The first-order valence-corrected chi connectivity index (χ1v) is 8.19. The van der Waals surface area contributed by atoms with Crippen molar-refractivity contribution in [3.8, 4) is 0 Å². The largest absolute Gasteiger partial charge is 0.423 e. The van der Waals surface area contributed by atoms with Crippen molar-refractivity contribution in [2.75, 3.05) is 18.0 Å². The van der Waals surface area contributed by atoms with Crippen LogP contribution in [0, 0.1) is 5.82 Å². The van der Waals surface area contributed by atoms with Crippen molar-refractivity contribution in [1.82, 2.24) is 20.1 Å². The van der Waals surface area contributed by atoms with Crippen LogP contribution in [0.25, 0.3) is 11.1 Å². The Morgan fingerprint density at radius 1 is 1.36 bits per heavy atom. The van der Waals surface area contributed by atoms with Crippen molar-refractivity contribution in [3.63, 3.8) is 0 Å². The molecule has 130 valence electrons. The van der Waals surface area contributed by atoms with Crippen LogP contribution in [0.5, 0.6) is 0 Å². The lowest BCUT2D eigenvalue weighted by Gasteiger charge is -2.31. The number of benzene rings is 1. The average molecular weight is 343 g/mol. The Balaban J connectivity index is 1.39. The van der Waals surface area contributed by atoms with Crippen molar-refractivity contribution >= 4 is 23.0 Å². The molecule has 0 bridgehead atoms. The molecular formula is C17H18FN5O2. The van der Waals surface area contributed by atoms with Gasteiger partial charge in [0, 0.05) is 32.4 Å². The van der Waals surface area contributed by atoms with Crippen molar-refractivity contribution < 1.29 is 13.6 Å². The highest BCUT2D eigenvalue weighted by molar-refractivity contribution is 5.93. The minimum atomic E-state index is -0.383. The summed E-state index contributed by atoms with van der Waals surface area (Å²) in [5, 5.41) is 7.03. The summed E-state index contributed by atoms with van der Waals surface area (Å²) in [7, 11) is 1.78. The van der Waals surface area contributed by atoms with Gasteiger partial charge in [0.1, 0.15) is 5.52 Å². The molecule has 0 atom stereocenters. The number of nitrogens with zero attached hydrogens (tertiary/aromatic N) is 4. The van der Waals surface area contributed by atoms with Gasteiger partial charge >= 0.3 is 0 Å². The third kappa shape index (κ3) is 3.07. The maximum Gasteiger partial charge on any atom is 0.298 e. The van der Waals surface area contributed by atoms with E-state index in [1.165, 1.54) is 6.07 Å². The zero-order chi connectivity index (χ0) is 17.4. The van der Waals surface area contributed by atoms with E-state index in [4.69, 9.17) is 4.42 Å². The van der Waals surface area contributed by atoms with Crippen LogP contribution < -0.4 is 10.2 Å². The number of rotatable bonds is 3. The fourth-order valence-corrected chi connectivity index (χ4v) is 3.06. The van der Waals surface area contributed by atoms with Gasteiger partial charge in [0.05, 0.1) is 11.8 Å². The van der Waals surface area contributed by atoms with Crippen LogP contribution in [0.2, 0.25) is 0 Å². The van der Waals surface area contributed by atoms with Crippen molar-refractivity contribution in [1.29, 1.82) is 0 Å². The van der Waals surface area contributed by atoms with E-state index in [-0.39, 0.29) is 23.3 Å².